The minimum atomic E-state index is -4.37. The molecule has 0 aliphatic heterocycles. The molecule has 120 valence electrons. The Balaban J connectivity index is 2.63. The number of carbonyl (C=O) groups is 1. The van der Waals surface area contributed by atoms with E-state index >= 15 is 0 Å². The number of hydrogen-bond donors (Lipinski definition) is 0. The number of aryl methyl sites for hydroxylation is 2. The Morgan fingerprint density at radius 2 is 2.00 bits per heavy atom. The van der Waals surface area contributed by atoms with Crippen LogP contribution in [0, 0.1) is 13.8 Å². The molecule has 1 rings (SSSR count). The normalized spacial score (nSPS) is 11.7. The fraction of sp³-hybridized carbons (Fsp3) is 0.714. The van der Waals surface area contributed by atoms with Gasteiger partial charge in [0, 0.05) is 18.5 Å². The Labute approximate surface area is 122 Å². The molecule has 0 aromatic carbocycles. The van der Waals surface area contributed by atoms with Crippen molar-refractivity contribution in [3.8, 4) is 0 Å². The van der Waals surface area contributed by atoms with E-state index in [2.05, 4.69) is 5.16 Å². The predicted molar refractivity (Wildman–Crippen MR) is 71.8 cm³/mol. The van der Waals surface area contributed by atoms with E-state index in [4.69, 9.17) is 4.52 Å². The van der Waals surface area contributed by atoms with E-state index in [9.17, 15) is 18.0 Å². The molecule has 1 aromatic heterocycles. The van der Waals surface area contributed by atoms with E-state index in [0.717, 1.165) is 16.9 Å². The lowest BCUT2D eigenvalue weighted by Gasteiger charge is -2.23. The summed E-state index contributed by atoms with van der Waals surface area (Å²) in [5.74, 6) is 0.122. The molecule has 4 nitrogen and oxygen atoms in total. The van der Waals surface area contributed by atoms with Crippen LogP contribution in [0.15, 0.2) is 4.52 Å². The quantitative estimate of drug-likeness (QED) is 0.775. The number of aromatic nitrogens is 1. The Morgan fingerprint density at radius 1 is 1.33 bits per heavy atom. The molecule has 0 spiro atoms. The maximum absolute atomic E-state index is 12.5. The minimum Gasteiger partial charge on any atom is -0.361 e. The van der Waals surface area contributed by atoms with Gasteiger partial charge >= 0.3 is 6.18 Å². The number of unbranched alkanes of at least 4 members (excludes halogenated alkanes) is 1. The van der Waals surface area contributed by atoms with Gasteiger partial charge < -0.3 is 9.42 Å². The van der Waals surface area contributed by atoms with Gasteiger partial charge in [-0.25, -0.2) is 0 Å². The first-order chi connectivity index (χ1) is 9.74. The van der Waals surface area contributed by atoms with Crippen molar-refractivity contribution in [2.45, 2.75) is 52.6 Å². The van der Waals surface area contributed by atoms with Crippen LogP contribution >= 0.6 is 0 Å². The van der Waals surface area contributed by atoms with Crippen molar-refractivity contribution in [1.29, 1.82) is 0 Å². The average molecular weight is 306 g/mol. The summed E-state index contributed by atoms with van der Waals surface area (Å²) < 4.78 is 42.5. The Bertz CT molecular complexity index is 450. The van der Waals surface area contributed by atoms with Gasteiger partial charge in [-0.1, -0.05) is 18.5 Å². The molecule has 1 amide bonds. The first-order valence-electron chi connectivity index (χ1n) is 7.01. The number of nitrogens with zero attached hydrogens (tertiary/aromatic N) is 2. The predicted octanol–water partition coefficient (Wildman–Crippen LogP) is 3.42. The van der Waals surface area contributed by atoms with Crippen LogP contribution in [0.25, 0.3) is 0 Å². The maximum atomic E-state index is 12.5. The molecule has 0 unspecified atom stereocenters. The van der Waals surface area contributed by atoms with Crippen molar-refractivity contribution < 1.29 is 22.5 Å². The first-order valence-corrected chi connectivity index (χ1v) is 7.01. The number of amides is 1. The van der Waals surface area contributed by atoms with Crippen molar-refractivity contribution >= 4 is 5.91 Å². The lowest BCUT2D eigenvalue weighted by atomic mass is 10.1. The third-order valence-electron chi connectivity index (χ3n) is 3.27. The summed E-state index contributed by atoms with van der Waals surface area (Å²) in [4.78, 5) is 12.9. The van der Waals surface area contributed by atoms with Crippen molar-refractivity contribution in [3.63, 3.8) is 0 Å². The Hall–Kier alpha value is -1.53. The lowest BCUT2D eigenvalue weighted by molar-refractivity contribution is -0.161. The molecule has 0 aliphatic carbocycles. The van der Waals surface area contributed by atoms with Gasteiger partial charge in [-0.2, -0.15) is 13.2 Å². The summed E-state index contributed by atoms with van der Waals surface area (Å²) in [5, 5.41) is 3.77. The summed E-state index contributed by atoms with van der Waals surface area (Å²) in [6.07, 6.45) is -2.69. The SMILES string of the molecule is CCCCN(CC(F)(F)F)C(=O)CCc1c(C)noc1C. The summed E-state index contributed by atoms with van der Waals surface area (Å²) in [6.45, 7) is 4.30. The third kappa shape index (κ3) is 5.77. The second-order valence-electron chi connectivity index (χ2n) is 5.09. The van der Waals surface area contributed by atoms with Gasteiger partial charge in [0.1, 0.15) is 12.3 Å². The second kappa shape index (κ2) is 7.47. The average Bonchev–Trinajstić information content (AvgIpc) is 2.70. The molecule has 0 aliphatic rings. The molecule has 0 saturated carbocycles. The van der Waals surface area contributed by atoms with Crippen molar-refractivity contribution in [2.75, 3.05) is 13.1 Å². The van der Waals surface area contributed by atoms with Crippen LogP contribution in [-0.2, 0) is 11.2 Å². The highest BCUT2D eigenvalue weighted by Gasteiger charge is 2.32. The highest BCUT2D eigenvalue weighted by atomic mass is 19.4. The largest absolute Gasteiger partial charge is 0.406 e. The molecule has 1 heterocycles. The van der Waals surface area contributed by atoms with E-state index in [1.165, 1.54) is 0 Å². The Kier molecular flexibility index (Phi) is 6.23. The molecule has 0 saturated heterocycles. The number of hydrogen-bond acceptors (Lipinski definition) is 3. The second-order valence-corrected chi connectivity index (χ2v) is 5.09. The molecular weight excluding hydrogens is 285 g/mol. The smallest absolute Gasteiger partial charge is 0.361 e. The number of alkyl halides is 3. The molecule has 7 heteroatoms. The van der Waals surface area contributed by atoms with Crippen LogP contribution in [0.3, 0.4) is 0 Å². The Morgan fingerprint density at radius 3 is 2.48 bits per heavy atom. The van der Waals surface area contributed by atoms with E-state index in [0.29, 0.717) is 24.3 Å². The van der Waals surface area contributed by atoms with Crippen LogP contribution in [0.4, 0.5) is 13.2 Å². The highest BCUT2D eigenvalue weighted by molar-refractivity contribution is 5.76. The molecular formula is C14H21F3N2O2. The third-order valence-corrected chi connectivity index (χ3v) is 3.27. The van der Waals surface area contributed by atoms with Gasteiger partial charge in [0.05, 0.1) is 5.69 Å². The zero-order chi connectivity index (χ0) is 16.0. The topological polar surface area (TPSA) is 46.3 Å². The first kappa shape index (κ1) is 17.5. The van der Waals surface area contributed by atoms with Crippen LogP contribution < -0.4 is 0 Å². The standard InChI is InChI=1S/C14H21F3N2O2/c1-4-5-8-19(9-14(15,16)17)13(20)7-6-12-10(2)18-21-11(12)3/h4-9H2,1-3H3. The number of carbonyl (C=O) groups excluding carboxylic acids is 1. The van der Waals surface area contributed by atoms with Crippen LogP contribution in [0.2, 0.25) is 0 Å². The lowest BCUT2D eigenvalue weighted by Crippen LogP contribution is -2.39. The number of halogens is 3. The highest BCUT2D eigenvalue weighted by Crippen LogP contribution is 2.19. The van der Waals surface area contributed by atoms with Gasteiger partial charge in [0.15, 0.2) is 0 Å². The van der Waals surface area contributed by atoms with E-state index < -0.39 is 18.6 Å². The van der Waals surface area contributed by atoms with Gasteiger partial charge in [0.2, 0.25) is 5.91 Å². The van der Waals surface area contributed by atoms with Gasteiger partial charge in [-0.15, -0.1) is 0 Å². The molecule has 21 heavy (non-hydrogen) atoms. The van der Waals surface area contributed by atoms with E-state index in [1.54, 1.807) is 13.8 Å². The van der Waals surface area contributed by atoms with Crippen molar-refractivity contribution in [3.05, 3.63) is 17.0 Å². The van der Waals surface area contributed by atoms with Crippen molar-refractivity contribution in [1.82, 2.24) is 10.1 Å². The fourth-order valence-electron chi connectivity index (χ4n) is 2.11. The summed E-state index contributed by atoms with van der Waals surface area (Å²) in [5.41, 5.74) is 1.47. The van der Waals surface area contributed by atoms with Crippen LogP contribution in [0.1, 0.15) is 43.2 Å². The molecule has 0 N–H and O–H groups in total. The fourth-order valence-corrected chi connectivity index (χ4v) is 2.11. The zero-order valence-electron chi connectivity index (χ0n) is 12.6. The van der Waals surface area contributed by atoms with Crippen LogP contribution in [-0.4, -0.2) is 35.2 Å². The summed E-state index contributed by atoms with van der Waals surface area (Å²) in [7, 11) is 0. The molecule has 1 aromatic rings. The van der Waals surface area contributed by atoms with Crippen LogP contribution in [0.5, 0.6) is 0 Å². The van der Waals surface area contributed by atoms with Gasteiger partial charge in [-0.05, 0) is 26.7 Å². The van der Waals surface area contributed by atoms with Gasteiger partial charge in [0.25, 0.3) is 0 Å². The summed E-state index contributed by atoms with van der Waals surface area (Å²) in [6, 6.07) is 0. The molecule has 0 fully saturated rings. The van der Waals surface area contributed by atoms with Gasteiger partial charge in [-0.3, -0.25) is 4.79 Å². The monoisotopic (exact) mass is 306 g/mol. The zero-order valence-corrected chi connectivity index (χ0v) is 12.6. The van der Waals surface area contributed by atoms with E-state index in [-0.39, 0.29) is 13.0 Å². The molecule has 0 bridgehead atoms. The number of rotatable bonds is 7. The maximum Gasteiger partial charge on any atom is 0.406 e. The van der Waals surface area contributed by atoms with Crippen molar-refractivity contribution in [2.24, 2.45) is 0 Å². The van der Waals surface area contributed by atoms with E-state index in [1.807, 2.05) is 6.92 Å². The molecule has 0 radical (unpaired) electrons. The molecule has 0 atom stereocenters. The minimum absolute atomic E-state index is 0.0304. The summed E-state index contributed by atoms with van der Waals surface area (Å²) >= 11 is 0.